The Morgan fingerprint density at radius 2 is 1.67 bits per heavy atom. The molecule has 6 nitrogen and oxygen atoms in total. The van der Waals surface area contributed by atoms with Gasteiger partial charge in [0.2, 0.25) is 0 Å². The summed E-state index contributed by atoms with van der Waals surface area (Å²) in [7, 11) is 0. The van der Waals surface area contributed by atoms with E-state index < -0.39 is 29.7 Å². The summed E-state index contributed by atoms with van der Waals surface area (Å²) in [5, 5.41) is 1.67. The molecule has 0 saturated heterocycles. The highest BCUT2D eigenvalue weighted by atomic mass is 16.6. The van der Waals surface area contributed by atoms with Gasteiger partial charge in [-0.15, -0.1) is 0 Å². The van der Waals surface area contributed by atoms with E-state index in [0.717, 1.165) is 16.4 Å². The van der Waals surface area contributed by atoms with Gasteiger partial charge in [0.1, 0.15) is 22.5 Å². The average molecular weight is 368 g/mol. The first-order valence-corrected chi connectivity index (χ1v) is 8.75. The van der Waals surface area contributed by atoms with Gasteiger partial charge < -0.3 is 18.6 Å². The topological polar surface area (TPSA) is 75.0 Å². The predicted molar refractivity (Wildman–Crippen MR) is 98.5 cm³/mol. The van der Waals surface area contributed by atoms with Crippen molar-refractivity contribution >= 4 is 33.9 Å². The lowest BCUT2D eigenvalue weighted by Crippen LogP contribution is -2.51. The molecule has 0 N–H and O–H groups in total. The van der Waals surface area contributed by atoms with Gasteiger partial charge in [-0.1, -0.05) is 18.2 Å². The van der Waals surface area contributed by atoms with E-state index in [1.165, 1.54) is 13.8 Å². The third-order valence-electron chi connectivity index (χ3n) is 4.75. The molecule has 0 amide bonds. The molecule has 2 aromatic carbocycles. The summed E-state index contributed by atoms with van der Waals surface area (Å²) in [6.45, 7) is 6.26. The molecule has 0 saturated carbocycles. The first-order valence-electron chi connectivity index (χ1n) is 8.75. The van der Waals surface area contributed by atoms with Gasteiger partial charge in [0.25, 0.3) is 0 Å². The number of fused-ring (bicyclic) bond motifs is 5. The number of para-hydroxylation sites is 1. The summed E-state index contributed by atoms with van der Waals surface area (Å²) in [6.07, 6.45) is -1.61. The first-order chi connectivity index (χ1) is 12.8. The smallest absolute Gasteiger partial charge is 0.303 e. The highest BCUT2D eigenvalue weighted by Crippen LogP contribution is 2.48. The fourth-order valence-corrected chi connectivity index (χ4v) is 3.73. The van der Waals surface area contributed by atoms with E-state index in [-0.39, 0.29) is 0 Å². The standard InChI is InChI=1S/C21H20O6/c1-11(22)24-19-18-16(27-21(3,4)20(19)25-12(2)23)10-9-15-17(18)13-7-5-6-8-14(13)26-15/h5-10,19-20H,1-4H3/t19-,20-/m1/s1. The van der Waals surface area contributed by atoms with Gasteiger partial charge in [0.15, 0.2) is 12.2 Å². The minimum Gasteiger partial charge on any atom is -0.483 e. The Balaban J connectivity index is 2.03. The van der Waals surface area contributed by atoms with Crippen molar-refractivity contribution in [3.05, 3.63) is 42.0 Å². The number of carbonyl (C=O) groups excluding carboxylic acids is 2. The van der Waals surface area contributed by atoms with Gasteiger partial charge >= 0.3 is 11.9 Å². The van der Waals surface area contributed by atoms with Crippen molar-refractivity contribution in [3.8, 4) is 5.75 Å². The number of esters is 2. The van der Waals surface area contributed by atoms with Crippen molar-refractivity contribution in [2.75, 3.05) is 0 Å². The number of ether oxygens (including phenoxy) is 3. The lowest BCUT2D eigenvalue weighted by molar-refractivity contribution is -0.187. The number of benzene rings is 2. The fraction of sp³-hybridized carbons (Fsp3) is 0.333. The Morgan fingerprint density at radius 3 is 2.37 bits per heavy atom. The Morgan fingerprint density at radius 1 is 0.963 bits per heavy atom. The molecule has 0 spiro atoms. The molecule has 140 valence electrons. The van der Waals surface area contributed by atoms with Gasteiger partial charge in [0, 0.05) is 24.6 Å². The molecule has 1 aromatic heterocycles. The van der Waals surface area contributed by atoms with E-state index in [1.54, 1.807) is 19.9 Å². The molecule has 2 atom stereocenters. The van der Waals surface area contributed by atoms with Gasteiger partial charge in [-0.2, -0.15) is 0 Å². The molecule has 1 aliphatic rings. The maximum Gasteiger partial charge on any atom is 0.303 e. The molecule has 3 aromatic rings. The fourth-order valence-electron chi connectivity index (χ4n) is 3.73. The predicted octanol–water partition coefficient (Wildman–Crippen LogP) is 4.29. The Bertz CT molecular complexity index is 1060. The van der Waals surface area contributed by atoms with Crippen LogP contribution in [-0.4, -0.2) is 23.6 Å². The van der Waals surface area contributed by atoms with E-state index in [0.29, 0.717) is 16.9 Å². The zero-order chi connectivity index (χ0) is 19.3. The number of rotatable bonds is 2. The van der Waals surface area contributed by atoms with Crippen LogP contribution < -0.4 is 4.74 Å². The largest absolute Gasteiger partial charge is 0.483 e. The maximum atomic E-state index is 11.9. The second-order valence-electron chi connectivity index (χ2n) is 7.21. The van der Waals surface area contributed by atoms with Crippen molar-refractivity contribution in [2.45, 2.75) is 45.5 Å². The molecule has 0 aliphatic carbocycles. The minimum atomic E-state index is -0.883. The van der Waals surface area contributed by atoms with Gasteiger partial charge in [-0.25, -0.2) is 0 Å². The molecule has 1 aliphatic heterocycles. The summed E-state index contributed by atoms with van der Waals surface area (Å²) in [5.41, 5.74) is 1.14. The number of furan rings is 1. The zero-order valence-corrected chi connectivity index (χ0v) is 15.6. The van der Waals surface area contributed by atoms with Crippen molar-refractivity contribution < 1.29 is 28.2 Å². The van der Waals surface area contributed by atoms with Crippen LogP contribution >= 0.6 is 0 Å². The molecule has 4 rings (SSSR count). The zero-order valence-electron chi connectivity index (χ0n) is 15.6. The Hall–Kier alpha value is -3.02. The molecule has 27 heavy (non-hydrogen) atoms. The highest BCUT2D eigenvalue weighted by Gasteiger charge is 2.49. The van der Waals surface area contributed by atoms with E-state index >= 15 is 0 Å². The van der Waals surface area contributed by atoms with Gasteiger partial charge in [0.05, 0.1) is 5.56 Å². The van der Waals surface area contributed by atoms with Crippen LogP contribution in [-0.2, 0) is 19.1 Å². The van der Waals surface area contributed by atoms with Crippen molar-refractivity contribution in [1.82, 2.24) is 0 Å². The molecular weight excluding hydrogens is 348 g/mol. The number of carbonyl (C=O) groups is 2. The minimum absolute atomic E-state index is 0.467. The number of hydrogen-bond donors (Lipinski definition) is 0. The summed E-state index contributed by atoms with van der Waals surface area (Å²) in [5.74, 6) is -0.360. The SMILES string of the molecule is CC(=O)O[C@@H]1c2c(ccc3oc4ccccc4c23)OC(C)(C)[C@@H]1OC(C)=O. The van der Waals surface area contributed by atoms with Crippen LogP contribution in [0, 0.1) is 0 Å². The van der Waals surface area contributed by atoms with E-state index in [1.807, 2.05) is 30.3 Å². The second-order valence-corrected chi connectivity index (χ2v) is 7.21. The third kappa shape index (κ3) is 2.81. The highest BCUT2D eigenvalue weighted by molar-refractivity contribution is 6.08. The van der Waals surface area contributed by atoms with Crippen LogP contribution in [0.15, 0.2) is 40.8 Å². The first kappa shape index (κ1) is 17.4. The Labute approximate surface area is 156 Å². The van der Waals surface area contributed by atoms with Gasteiger partial charge in [-0.05, 0) is 32.0 Å². The molecule has 0 bridgehead atoms. The normalized spacial score (nSPS) is 20.7. The molecular formula is C21H20O6. The van der Waals surface area contributed by atoms with Crippen molar-refractivity contribution in [2.24, 2.45) is 0 Å². The van der Waals surface area contributed by atoms with Crippen LogP contribution in [0.1, 0.15) is 39.4 Å². The van der Waals surface area contributed by atoms with Crippen LogP contribution in [0.4, 0.5) is 0 Å². The van der Waals surface area contributed by atoms with Crippen LogP contribution in [0.2, 0.25) is 0 Å². The quantitative estimate of drug-likeness (QED) is 0.628. The van der Waals surface area contributed by atoms with Crippen LogP contribution in [0.5, 0.6) is 5.75 Å². The Kier molecular flexibility index (Phi) is 3.87. The number of hydrogen-bond acceptors (Lipinski definition) is 6. The van der Waals surface area contributed by atoms with E-state index in [2.05, 4.69) is 0 Å². The second kappa shape index (κ2) is 6.01. The maximum absolute atomic E-state index is 11.9. The monoisotopic (exact) mass is 368 g/mol. The van der Waals surface area contributed by atoms with Crippen molar-refractivity contribution in [1.29, 1.82) is 0 Å². The lowest BCUT2D eigenvalue weighted by Gasteiger charge is -2.43. The molecule has 2 heterocycles. The summed E-state index contributed by atoms with van der Waals surface area (Å²) in [6, 6.07) is 11.2. The van der Waals surface area contributed by atoms with Crippen molar-refractivity contribution in [3.63, 3.8) is 0 Å². The third-order valence-corrected chi connectivity index (χ3v) is 4.75. The summed E-state index contributed by atoms with van der Waals surface area (Å²) >= 11 is 0. The lowest BCUT2D eigenvalue weighted by atomic mass is 9.86. The molecule has 0 fully saturated rings. The van der Waals surface area contributed by atoms with E-state index in [9.17, 15) is 9.59 Å². The molecule has 6 heteroatoms. The summed E-state index contributed by atoms with van der Waals surface area (Å²) in [4.78, 5) is 23.6. The van der Waals surface area contributed by atoms with E-state index in [4.69, 9.17) is 18.6 Å². The average Bonchev–Trinajstić information content (AvgIpc) is 2.95. The van der Waals surface area contributed by atoms with Crippen LogP contribution in [0.25, 0.3) is 21.9 Å². The molecule has 0 radical (unpaired) electrons. The van der Waals surface area contributed by atoms with Crippen LogP contribution in [0.3, 0.4) is 0 Å². The summed E-state index contributed by atoms with van der Waals surface area (Å²) < 4.78 is 23.3. The molecule has 0 unspecified atom stereocenters. The van der Waals surface area contributed by atoms with Gasteiger partial charge in [-0.3, -0.25) is 9.59 Å².